The third-order valence-electron chi connectivity index (χ3n) is 12.4. The Bertz CT molecular complexity index is 3800. The molecule has 1 nitrogen and oxygen atoms in total. The molecule has 0 bridgehead atoms. The number of benzene rings is 11. The standard InChI is InChI=1S/C56H32OS/c1-2-14-35-31-50-49(30-34(35)13-1)47-28-29-51-55(56(47)57-50)48-25-24-36(32-52(48)58-51)38-26-27-46(40-18-6-5-17-39(38)40)54-44-21-9-7-19-42(44)53(43-20-8-10-22-45(43)54)41-23-11-15-33-12-3-4-16-37(33)41/h1-32H. The van der Waals surface area contributed by atoms with Crippen LogP contribution in [-0.2, 0) is 0 Å². The summed E-state index contributed by atoms with van der Waals surface area (Å²) >= 11 is 1.85. The highest BCUT2D eigenvalue weighted by atomic mass is 32.1. The van der Waals surface area contributed by atoms with E-state index in [0.717, 1.165) is 11.2 Å². The first-order chi connectivity index (χ1) is 28.8. The quantitative estimate of drug-likeness (QED) is 0.164. The first kappa shape index (κ1) is 31.9. The van der Waals surface area contributed by atoms with Crippen molar-refractivity contribution >= 4 is 107 Å². The summed E-state index contributed by atoms with van der Waals surface area (Å²) in [5.41, 5.74) is 9.45. The highest BCUT2D eigenvalue weighted by Gasteiger charge is 2.21. The minimum atomic E-state index is 0.937. The van der Waals surface area contributed by atoms with Crippen molar-refractivity contribution in [3.63, 3.8) is 0 Å². The van der Waals surface area contributed by atoms with Gasteiger partial charge in [0, 0.05) is 30.9 Å². The van der Waals surface area contributed by atoms with Crippen molar-refractivity contribution in [2.45, 2.75) is 0 Å². The van der Waals surface area contributed by atoms with E-state index in [-0.39, 0.29) is 0 Å². The van der Waals surface area contributed by atoms with E-state index in [1.54, 1.807) is 0 Å². The lowest BCUT2D eigenvalue weighted by molar-refractivity contribution is 0.673. The van der Waals surface area contributed by atoms with Gasteiger partial charge >= 0.3 is 0 Å². The zero-order chi connectivity index (χ0) is 37.9. The van der Waals surface area contributed by atoms with Crippen LogP contribution in [0.1, 0.15) is 0 Å². The highest BCUT2D eigenvalue weighted by Crippen LogP contribution is 2.49. The van der Waals surface area contributed by atoms with Gasteiger partial charge in [-0.3, -0.25) is 0 Å². The summed E-state index contributed by atoms with van der Waals surface area (Å²) in [5, 5.41) is 17.3. The van der Waals surface area contributed by atoms with Crippen LogP contribution in [0.4, 0.5) is 0 Å². The summed E-state index contributed by atoms with van der Waals surface area (Å²) in [6, 6.07) is 71.5. The fourth-order valence-electron chi connectivity index (χ4n) is 9.87. The number of rotatable bonds is 3. The van der Waals surface area contributed by atoms with Gasteiger partial charge in [-0.15, -0.1) is 11.3 Å². The van der Waals surface area contributed by atoms with Crippen molar-refractivity contribution in [3.05, 3.63) is 194 Å². The molecular weight excluding hydrogens is 721 g/mol. The average Bonchev–Trinajstić information content (AvgIpc) is 3.84. The molecule has 0 aliphatic carbocycles. The van der Waals surface area contributed by atoms with Crippen LogP contribution < -0.4 is 0 Å². The number of thiophene rings is 1. The molecule has 58 heavy (non-hydrogen) atoms. The number of fused-ring (bicyclic) bond motifs is 12. The van der Waals surface area contributed by atoms with Crippen LogP contribution >= 0.6 is 11.3 Å². The van der Waals surface area contributed by atoms with E-state index in [2.05, 4.69) is 194 Å². The molecule has 0 radical (unpaired) electrons. The van der Waals surface area contributed by atoms with E-state index in [1.807, 2.05) is 11.3 Å². The lowest BCUT2D eigenvalue weighted by Crippen LogP contribution is -1.93. The van der Waals surface area contributed by atoms with Gasteiger partial charge < -0.3 is 4.42 Å². The van der Waals surface area contributed by atoms with Crippen molar-refractivity contribution in [2.24, 2.45) is 0 Å². The summed E-state index contributed by atoms with van der Waals surface area (Å²) in [4.78, 5) is 0. The minimum absolute atomic E-state index is 0.937. The van der Waals surface area contributed by atoms with E-state index in [4.69, 9.17) is 4.42 Å². The summed E-state index contributed by atoms with van der Waals surface area (Å²) < 4.78 is 9.20. The molecule has 13 rings (SSSR count). The minimum Gasteiger partial charge on any atom is -0.455 e. The second kappa shape index (κ2) is 12.1. The van der Waals surface area contributed by atoms with Gasteiger partial charge in [-0.2, -0.15) is 0 Å². The molecule has 0 unspecified atom stereocenters. The molecule has 0 saturated heterocycles. The molecule has 0 atom stereocenters. The molecule has 11 aromatic carbocycles. The zero-order valence-corrected chi connectivity index (χ0v) is 32.1. The van der Waals surface area contributed by atoms with E-state index < -0.39 is 0 Å². The molecule has 0 spiro atoms. The van der Waals surface area contributed by atoms with Gasteiger partial charge in [0.2, 0.25) is 0 Å². The Labute approximate surface area is 337 Å². The molecule has 0 saturated carbocycles. The Morgan fingerprint density at radius 3 is 1.55 bits per heavy atom. The third kappa shape index (κ3) is 4.52. The first-order valence-electron chi connectivity index (χ1n) is 19.9. The maximum Gasteiger partial charge on any atom is 0.144 e. The van der Waals surface area contributed by atoms with Crippen LogP contribution in [0, 0.1) is 0 Å². The van der Waals surface area contributed by atoms with E-state index in [9.17, 15) is 0 Å². The zero-order valence-electron chi connectivity index (χ0n) is 31.3. The molecule has 13 aromatic rings. The molecule has 0 N–H and O–H groups in total. The Morgan fingerprint density at radius 1 is 0.310 bits per heavy atom. The summed E-state index contributed by atoms with van der Waals surface area (Å²) in [6.45, 7) is 0. The lowest BCUT2D eigenvalue weighted by Gasteiger charge is -2.20. The van der Waals surface area contributed by atoms with Crippen LogP contribution in [0.5, 0.6) is 0 Å². The van der Waals surface area contributed by atoms with E-state index >= 15 is 0 Å². The average molecular weight is 753 g/mol. The summed E-state index contributed by atoms with van der Waals surface area (Å²) in [7, 11) is 0. The van der Waals surface area contributed by atoms with Crippen LogP contribution in [-0.4, -0.2) is 0 Å². The van der Waals surface area contributed by atoms with Gasteiger partial charge in [0.25, 0.3) is 0 Å². The molecule has 0 fully saturated rings. The van der Waals surface area contributed by atoms with Gasteiger partial charge in [0.1, 0.15) is 11.2 Å². The normalized spacial score (nSPS) is 12.1. The topological polar surface area (TPSA) is 13.1 Å². The second-order valence-electron chi connectivity index (χ2n) is 15.5. The fraction of sp³-hybridized carbons (Fsp3) is 0. The Hall–Kier alpha value is -7.26. The second-order valence-corrected chi connectivity index (χ2v) is 16.6. The molecule has 2 heteroatoms. The van der Waals surface area contributed by atoms with Crippen molar-refractivity contribution in [1.29, 1.82) is 0 Å². The van der Waals surface area contributed by atoms with Gasteiger partial charge in [0.05, 0.1) is 0 Å². The maximum absolute atomic E-state index is 6.69. The monoisotopic (exact) mass is 752 g/mol. The van der Waals surface area contributed by atoms with Crippen molar-refractivity contribution in [1.82, 2.24) is 0 Å². The van der Waals surface area contributed by atoms with Gasteiger partial charge in [-0.1, -0.05) is 164 Å². The number of furan rings is 1. The summed E-state index contributed by atoms with van der Waals surface area (Å²) in [5.74, 6) is 0. The Morgan fingerprint density at radius 2 is 0.845 bits per heavy atom. The predicted octanol–water partition coefficient (Wildman–Crippen LogP) is 16.7. The van der Waals surface area contributed by atoms with Crippen molar-refractivity contribution in [2.75, 3.05) is 0 Å². The molecule has 0 aliphatic rings. The van der Waals surface area contributed by atoms with Crippen LogP contribution in [0.15, 0.2) is 199 Å². The number of hydrogen-bond donors (Lipinski definition) is 0. The highest BCUT2D eigenvalue weighted by molar-refractivity contribution is 7.26. The first-order valence-corrected chi connectivity index (χ1v) is 20.7. The van der Waals surface area contributed by atoms with Crippen molar-refractivity contribution in [3.8, 4) is 33.4 Å². The molecule has 0 aliphatic heterocycles. The summed E-state index contributed by atoms with van der Waals surface area (Å²) in [6.07, 6.45) is 0. The third-order valence-corrected chi connectivity index (χ3v) is 13.6. The smallest absolute Gasteiger partial charge is 0.144 e. The SMILES string of the molecule is c1ccc2cc3c(cc2c1)oc1c3ccc2sc3cc(-c4ccc(-c5c6ccccc6c(-c6cccc7ccccc67)c6ccccc56)c5ccccc45)ccc3c21. The predicted molar refractivity (Wildman–Crippen MR) is 250 cm³/mol. The van der Waals surface area contributed by atoms with E-state index in [1.165, 1.54) is 118 Å². The Kier molecular flexibility index (Phi) is 6.66. The van der Waals surface area contributed by atoms with Gasteiger partial charge in [-0.25, -0.2) is 0 Å². The molecule has 268 valence electrons. The number of hydrogen-bond acceptors (Lipinski definition) is 2. The van der Waals surface area contributed by atoms with Crippen LogP contribution in [0.3, 0.4) is 0 Å². The van der Waals surface area contributed by atoms with E-state index in [0.29, 0.717) is 0 Å². The Balaban J connectivity index is 1.01. The molecule has 2 aromatic heterocycles. The molecular formula is C56H32OS. The van der Waals surface area contributed by atoms with Crippen molar-refractivity contribution < 1.29 is 4.42 Å². The largest absolute Gasteiger partial charge is 0.455 e. The fourth-order valence-corrected chi connectivity index (χ4v) is 11.0. The maximum atomic E-state index is 6.69. The van der Waals surface area contributed by atoms with Crippen LogP contribution in [0.2, 0.25) is 0 Å². The molecule has 2 heterocycles. The van der Waals surface area contributed by atoms with Gasteiger partial charge in [0.15, 0.2) is 0 Å². The molecule has 0 amide bonds. The van der Waals surface area contributed by atoms with Gasteiger partial charge in [-0.05, 0) is 118 Å². The van der Waals surface area contributed by atoms with Crippen LogP contribution in [0.25, 0.3) is 129 Å². The lowest BCUT2D eigenvalue weighted by atomic mass is 9.83.